The predicted octanol–water partition coefficient (Wildman–Crippen LogP) is 2.28. The van der Waals surface area contributed by atoms with Gasteiger partial charge in [-0.2, -0.15) is 0 Å². The van der Waals surface area contributed by atoms with Crippen molar-refractivity contribution in [2.75, 3.05) is 13.1 Å². The van der Waals surface area contributed by atoms with Crippen molar-refractivity contribution < 1.29 is 14.8 Å². The minimum atomic E-state index is -0.748. The smallest absolute Gasteiger partial charge is 0.303 e. The molecule has 1 aliphatic rings. The molecule has 108 valence electrons. The van der Waals surface area contributed by atoms with Gasteiger partial charge in [-0.15, -0.1) is 0 Å². The Kier molecular flexibility index (Phi) is 4.68. The molecule has 0 atom stereocenters. The molecule has 6 nitrogen and oxygen atoms in total. The molecule has 0 radical (unpaired) electrons. The fourth-order valence-corrected chi connectivity index (χ4v) is 2.66. The maximum atomic E-state index is 11.0. The zero-order valence-electron chi connectivity index (χ0n) is 11.2. The molecule has 0 amide bonds. The Bertz CT molecular complexity index is 496. The van der Waals surface area contributed by atoms with Crippen LogP contribution in [0.15, 0.2) is 24.3 Å². The van der Waals surface area contributed by atoms with E-state index >= 15 is 0 Å². The average molecular weight is 278 g/mol. The van der Waals surface area contributed by atoms with Gasteiger partial charge in [-0.05, 0) is 31.8 Å². The maximum absolute atomic E-state index is 11.0. The van der Waals surface area contributed by atoms with Crippen molar-refractivity contribution in [3.63, 3.8) is 0 Å². The number of carboxylic acids is 1. The van der Waals surface area contributed by atoms with Crippen LogP contribution in [0.3, 0.4) is 0 Å². The molecule has 1 fully saturated rings. The lowest BCUT2D eigenvalue weighted by Crippen LogP contribution is -2.34. The van der Waals surface area contributed by atoms with Crippen LogP contribution in [-0.2, 0) is 11.3 Å². The zero-order valence-corrected chi connectivity index (χ0v) is 11.2. The van der Waals surface area contributed by atoms with Gasteiger partial charge in [0.1, 0.15) is 0 Å². The summed E-state index contributed by atoms with van der Waals surface area (Å²) in [5.41, 5.74) is 0.870. The summed E-state index contributed by atoms with van der Waals surface area (Å²) in [5.74, 6) is -0.517. The first kappa shape index (κ1) is 14.5. The fraction of sp³-hybridized carbons (Fsp3) is 0.500. The van der Waals surface area contributed by atoms with Crippen LogP contribution in [0, 0.1) is 16.0 Å². The second-order valence-corrected chi connectivity index (χ2v) is 5.20. The van der Waals surface area contributed by atoms with Crippen LogP contribution >= 0.6 is 0 Å². The minimum Gasteiger partial charge on any atom is -0.481 e. The molecule has 1 aromatic rings. The van der Waals surface area contributed by atoms with E-state index in [1.54, 1.807) is 18.2 Å². The number of nitrogens with zero attached hydrogens (tertiary/aromatic N) is 2. The van der Waals surface area contributed by atoms with Crippen LogP contribution in [0.1, 0.15) is 24.8 Å². The van der Waals surface area contributed by atoms with Gasteiger partial charge >= 0.3 is 5.97 Å². The van der Waals surface area contributed by atoms with E-state index in [9.17, 15) is 14.9 Å². The van der Waals surface area contributed by atoms with Crippen LogP contribution in [0.4, 0.5) is 5.69 Å². The van der Waals surface area contributed by atoms with Crippen molar-refractivity contribution in [2.45, 2.75) is 25.8 Å². The number of hydrogen-bond donors (Lipinski definition) is 1. The van der Waals surface area contributed by atoms with Gasteiger partial charge in [-0.3, -0.25) is 19.8 Å². The van der Waals surface area contributed by atoms with E-state index in [1.807, 2.05) is 0 Å². The summed E-state index contributed by atoms with van der Waals surface area (Å²) in [6, 6.07) is 6.77. The number of para-hydroxylation sites is 1. The molecule has 1 saturated heterocycles. The van der Waals surface area contributed by atoms with Gasteiger partial charge in [-0.25, -0.2) is 0 Å². The van der Waals surface area contributed by atoms with E-state index < -0.39 is 5.97 Å². The second-order valence-electron chi connectivity index (χ2n) is 5.20. The van der Waals surface area contributed by atoms with E-state index in [4.69, 9.17) is 5.11 Å². The van der Waals surface area contributed by atoms with Gasteiger partial charge in [0.05, 0.1) is 4.92 Å². The zero-order chi connectivity index (χ0) is 14.5. The highest BCUT2D eigenvalue weighted by molar-refractivity contribution is 5.67. The Labute approximate surface area is 117 Å². The molecule has 1 aromatic carbocycles. The van der Waals surface area contributed by atoms with Gasteiger partial charge < -0.3 is 5.11 Å². The molecule has 1 heterocycles. The molecule has 2 rings (SSSR count). The Hall–Kier alpha value is -1.95. The number of aliphatic carboxylic acids is 1. The summed E-state index contributed by atoms with van der Waals surface area (Å²) < 4.78 is 0. The van der Waals surface area contributed by atoms with E-state index in [-0.39, 0.29) is 22.9 Å². The number of hydrogen-bond acceptors (Lipinski definition) is 4. The van der Waals surface area contributed by atoms with Crippen molar-refractivity contribution in [3.8, 4) is 0 Å². The molecule has 0 spiro atoms. The van der Waals surface area contributed by atoms with Crippen LogP contribution in [-0.4, -0.2) is 34.0 Å². The Morgan fingerprint density at radius 2 is 2.00 bits per heavy atom. The van der Waals surface area contributed by atoms with E-state index in [0.717, 1.165) is 25.9 Å². The van der Waals surface area contributed by atoms with Crippen LogP contribution < -0.4 is 0 Å². The third-order valence-electron chi connectivity index (χ3n) is 3.75. The van der Waals surface area contributed by atoms with Crippen LogP contribution in [0.5, 0.6) is 0 Å². The summed E-state index contributed by atoms with van der Waals surface area (Å²) in [7, 11) is 0. The summed E-state index contributed by atoms with van der Waals surface area (Å²) in [4.78, 5) is 23.4. The number of carbonyl (C=O) groups is 1. The first-order valence-corrected chi connectivity index (χ1v) is 6.72. The lowest BCUT2D eigenvalue weighted by atomic mass is 9.93. The molecular formula is C14H18N2O4. The van der Waals surface area contributed by atoms with E-state index in [1.165, 1.54) is 6.07 Å². The average Bonchev–Trinajstić information content (AvgIpc) is 2.41. The largest absolute Gasteiger partial charge is 0.481 e. The maximum Gasteiger partial charge on any atom is 0.303 e. The van der Waals surface area contributed by atoms with Crippen molar-refractivity contribution in [2.24, 2.45) is 5.92 Å². The molecule has 0 aliphatic carbocycles. The number of carboxylic acid groups (broad SMARTS) is 1. The van der Waals surface area contributed by atoms with Gasteiger partial charge in [0.2, 0.25) is 0 Å². The third-order valence-corrected chi connectivity index (χ3v) is 3.75. The van der Waals surface area contributed by atoms with E-state index in [2.05, 4.69) is 4.90 Å². The van der Waals surface area contributed by atoms with Crippen molar-refractivity contribution in [1.29, 1.82) is 0 Å². The molecule has 20 heavy (non-hydrogen) atoms. The third kappa shape index (κ3) is 3.77. The molecule has 0 bridgehead atoms. The lowest BCUT2D eigenvalue weighted by molar-refractivity contribution is -0.385. The summed E-state index contributed by atoms with van der Waals surface area (Å²) in [6.07, 6.45) is 1.90. The lowest BCUT2D eigenvalue weighted by Gasteiger charge is -2.31. The number of benzene rings is 1. The van der Waals surface area contributed by atoms with Crippen molar-refractivity contribution >= 4 is 11.7 Å². The van der Waals surface area contributed by atoms with Gasteiger partial charge in [0, 0.05) is 24.6 Å². The van der Waals surface area contributed by atoms with Crippen LogP contribution in [0.2, 0.25) is 0 Å². The number of nitro benzene ring substituents is 1. The molecule has 0 saturated carbocycles. The topological polar surface area (TPSA) is 83.7 Å². The highest BCUT2D eigenvalue weighted by Crippen LogP contribution is 2.24. The second kappa shape index (κ2) is 6.47. The minimum absolute atomic E-state index is 0.153. The molecule has 0 aromatic heterocycles. The predicted molar refractivity (Wildman–Crippen MR) is 73.4 cm³/mol. The Morgan fingerprint density at radius 1 is 1.35 bits per heavy atom. The summed E-state index contributed by atoms with van der Waals surface area (Å²) >= 11 is 0. The highest BCUT2D eigenvalue weighted by atomic mass is 16.6. The van der Waals surface area contributed by atoms with Gasteiger partial charge in [0.15, 0.2) is 0 Å². The fourth-order valence-electron chi connectivity index (χ4n) is 2.66. The normalized spacial score (nSPS) is 17.0. The van der Waals surface area contributed by atoms with Gasteiger partial charge in [-0.1, -0.05) is 18.2 Å². The quantitative estimate of drug-likeness (QED) is 0.660. The van der Waals surface area contributed by atoms with Crippen LogP contribution in [0.25, 0.3) is 0 Å². The monoisotopic (exact) mass is 278 g/mol. The highest BCUT2D eigenvalue weighted by Gasteiger charge is 2.23. The number of nitro groups is 1. The summed E-state index contributed by atoms with van der Waals surface area (Å²) in [6.45, 7) is 2.14. The SMILES string of the molecule is O=C(O)CC1CCN(Cc2ccccc2[N+](=O)[O-])CC1. The Morgan fingerprint density at radius 3 is 2.60 bits per heavy atom. The number of likely N-dealkylation sites (tertiary alicyclic amines) is 1. The molecule has 1 N–H and O–H groups in total. The molecule has 6 heteroatoms. The first-order valence-electron chi connectivity index (χ1n) is 6.72. The summed E-state index contributed by atoms with van der Waals surface area (Å²) in [5, 5.41) is 19.7. The molecule has 0 unspecified atom stereocenters. The number of rotatable bonds is 5. The van der Waals surface area contributed by atoms with Crippen molar-refractivity contribution in [1.82, 2.24) is 4.90 Å². The molecular weight excluding hydrogens is 260 g/mol. The number of piperidine rings is 1. The Balaban J connectivity index is 1.93. The van der Waals surface area contributed by atoms with E-state index in [0.29, 0.717) is 12.1 Å². The van der Waals surface area contributed by atoms with Gasteiger partial charge in [0.25, 0.3) is 5.69 Å². The first-order chi connectivity index (χ1) is 9.56. The standard InChI is InChI=1S/C14H18N2O4/c17-14(18)9-11-5-7-15(8-6-11)10-12-3-1-2-4-13(12)16(19)20/h1-4,11H,5-10H2,(H,17,18). The molecule has 1 aliphatic heterocycles. The van der Waals surface area contributed by atoms with Crippen molar-refractivity contribution in [3.05, 3.63) is 39.9 Å².